The molecule has 6 heteroatoms. The van der Waals surface area contributed by atoms with E-state index in [1.54, 1.807) is 38.6 Å². The first-order valence-corrected chi connectivity index (χ1v) is 7.79. The number of nitrogens with one attached hydrogen (secondary N) is 1. The zero-order chi connectivity index (χ0) is 16.2. The van der Waals surface area contributed by atoms with Crippen molar-refractivity contribution in [1.29, 1.82) is 0 Å². The van der Waals surface area contributed by atoms with Crippen LogP contribution >= 0.6 is 0 Å². The monoisotopic (exact) mass is 315 g/mol. The maximum absolute atomic E-state index is 12.6. The van der Waals surface area contributed by atoms with Crippen LogP contribution in [0.1, 0.15) is 42.1 Å². The minimum absolute atomic E-state index is 0.207. The van der Waals surface area contributed by atoms with E-state index in [9.17, 15) is 4.79 Å². The molecule has 1 fully saturated rings. The Labute approximate surface area is 135 Å². The van der Waals surface area contributed by atoms with Crippen LogP contribution in [-0.2, 0) is 0 Å². The molecule has 23 heavy (non-hydrogen) atoms. The van der Waals surface area contributed by atoms with Crippen LogP contribution in [0.5, 0.6) is 11.5 Å². The van der Waals surface area contributed by atoms with E-state index in [0.717, 1.165) is 18.7 Å². The van der Waals surface area contributed by atoms with Crippen LogP contribution in [0.25, 0.3) is 0 Å². The first kappa shape index (κ1) is 15.4. The minimum Gasteiger partial charge on any atom is -0.497 e. The Kier molecular flexibility index (Phi) is 4.50. The van der Waals surface area contributed by atoms with Crippen LogP contribution in [0.2, 0.25) is 0 Å². The Morgan fingerprint density at radius 2 is 1.83 bits per heavy atom. The third-order valence-electron chi connectivity index (χ3n) is 4.20. The second-order valence-electron chi connectivity index (χ2n) is 5.65. The largest absolute Gasteiger partial charge is 0.497 e. The summed E-state index contributed by atoms with van der Waals surface area (Å²) in [7, 11) is 3.12. The fraction of sp³-hybridized carbons (Fsp3) is 0.412. The molecular formula is C17H21N3O3. The highest BCUT2D eigenvalue weighted by atomic mass is 16.5. The summed E-state index contributed by atoms with van der Waals surface area (Å²) in [5.41, 5.74) is 0.486. The van der Waals surface area contributed by atoms with E-state index in [1.807, 2.05) is 10.7 Å². The lowest BCUT2D eigenvalue weighted by Gasteiger charge is -2.15. The van der Waals surface area contributed by atoms with Crippen LogP contribution in [0.15, 0.2) is 30.5 Å². The molecule has 0 unspecified atom stereocenters. The standard InChI is InChI=1S/C17H21N3O3/c1-22-14-9-12(10-15(11-14)23-2)17(21)19-16-7-8-18-20(16)13-5-3-4-6-13/h7-11,13H,3-6H2,1-2H3,(H,19,21). The van der Waals surface area contributed by atoms with Crippen molar-refractivity contribution in [2.45, 2.75) is 31.7 Å². The summed E-state index contributed by atoms with van der Waals surface area (Å²) in [6, 6.07) is 7.32. The number of anilines is 1. The summed E-state index contributed by atoms with van der Waals surface area (Å²) in [5.74, 6) is 1.68. The number of methoxy groups -OCH3 is 2. The van der Waals surface area contributed by atoms with Crippen molar-refractivity contribution in [1.82, 2.24) is 9.78 Å². The minimum atomic E-state index is -0.207. The highest BCUT2D eigenvalue weighted by Crippen LogP contribution is 2.31. The molecule has 0 aliphatic heterocycles. The van der Waals surface area contributed by atoms with Gasteiger partial charge in [0.25, 0.3) is 5.91 Å². The highest BCUT2D eigenvalue weighted by Gasteiger charge is 2.21. The molecular weight excluding hydrogens is 294 g/mol. The molecule has 0 atom stereocenters. The van der Waals surface area contributed by atoms with Gasteiger partial charge in [-0.3, -0.25) is 4.79 Å². The van der Waals surface area contributed by atoms with Crippen molar-refractivity contribution in [3.05, 3.63) is 36.0 Å². The van der Waals surface area contributed by atoms with Gasteiger partial charge in [0.05, 0.1) is 26.5 Å². The van der Waals surface area contributed by atoms with Gasteiger partial charge >= 0.3 is 0 Å². The fourth-order valence-corrected chi connectivity index (χ4v) is 2.98. The second kappa shape index (κ2) is 6.73. The molecule has 1 aliphatic carbocycles. The summed E-state index contributed by atoms with van der Waals surface area (Å²) >= 11 is 0. The smallest absolute Gasteiger partial charge is 0.257 e. The van der Waals surface area contributed by atoms with Crippen molar-refractivity contribution >= 4 is 11.7 Å². The van der Waals surface area contributed by atoms with E-state index in [-0.39, 0.29) is 5.91 Å². The number of ether oxygens (including phenoxy) is 2. The van der Waals surface area contributed by atoms with Crippen LogP contribution in [-0.4, -0.2) is 29.9 Å². The van der Waals surface area contributed by atoms with Crippen molar-refractivity contribution in [2.24, 2.45) is 0 Å². The van der Waals surface area contributed by atoms with E-state index < -0.39 is 0 Å². The first-order valence-electron chi connectivity index (χ1n) is 7.79. The number of carbonyl (C=O) groups is 1. The van der Waals surface area contributed by atoms with E-state index in [0.29, 0.717) is 23.1 Å². The molecule has 2 aromatic rings. The molecule has 0 radical (unpaired) electrons. The topological polar surface area (TPSA) is 65.4 Å². The van der Waals surface area contributed by atoms with Crippen molar-refractivity contribution in [2.75, 3.05) is 19.5 Å². The van der Waals surface area contributed by atoms with Crippen LogP contribution in [0.4, 0.5) is 5.82 Å². The van der Waals surface area contributed by atoms with Crippen LogP contribution < -0.4 is 14.8 Å². The third kappa shape index (κ3) is 3.31. The van der Waals surface area contributed by atoms with E-state index in [4.69, 9.17) is 9.47 Å². The molecule has 1 saturated carbocycles. The molecule has 1 aliphatic rings. The molecule has 0 spiro atoms. The van der Waals surface area contributed by atoms with Gasteiger partial charge < -0.3 is 14.8 Å². The maximum Gasteiger partial charge on any atom is 0.257 e. The van der Waals surface area contributed by atoms with Gasteiger partial charge in [0, 0.05) is 17.7 Å². The predicted molar refractivity (Wildman–Crippen MR) is 87.2 cm³/mol. The lowest BCUT2D eigenvalue weighted by molar-refractivity contribution is 0.102. The van der Waals surface area contributed by atoms with Gasteiger partial charge in [-0.1, -0.05) is 12.8 Å². The fourth-order valence-electron chi connectivity index (χ4n) is 2.98. The zero-order valence-electron chi connectivity index (χ0n) is 13.4. The number of hydrogen-bond donors (Lipinski definition) is 1. The van der Waals surface area contributed by atoms with Crippen LogP contribution in [0, 0.1) is 0 Å². The van der Waals surface area contributed by atoms with Gasteiger partial charge in [-0.25, -0.2) is 4.68 Å². The average molecular weight is 315 g/mol. The van der Waals surface area contributed by atoms with Crippen molar-refractivity contribution in [3.63, 3.8) is 0 Å². The molecule has 0 saturated heterocycles. The quantitative estimate of drug-likeness (QED) is 0.919. The van der Waals surface area contributed by atoms with Gasteiger partial charge in [-0.15, -0.1) is 0 Å². The average Bonchev–Trinajstić information content (AvgIpc) is 3.25. The lowest BCUT2D eigenvalue weighted by Crippen LogP contribution is -2.17. The number of rotatable bonds is 5. The molecule has 1 amide bonds. The Balaban J connectivity index is 1.81. The molecule has 1 aromatic carbocycles. The highest BCUT2D eigenvalue weighted by molar-refractivity contribution is 6.04. The van der Waals surface area contributed by atoms with Gasteiger partial charge in [0.1, 0.15) is 17.3 Å². The van der Waals surface area contributed by atoms with E-state index >= 15 is 0 Å². The first-order chi connectivity index (χ1) is 11.2. The third-order valence-corrected chi connectivity index (χ3v) is 4.20. The van der Waals surface area contributed by atoms with Gasteiger partial charge in [-0.2, -0.15) is 5.10 Å². The summed E-state index contributed by atoms with van der Waals surface area (Å²) < 4.78 is 12.3. The molecule has 6 nitrogen and oxygen atoms in total. The van der Waals surface area contributed by atoms with Crippen LogP contribution in [0.3, 0.4) is 0 Å². The molecule has 1 heterocycles. The number of hydrogen-bond acceptors (Lipinski definition) is 4. The second-order valence-corrected chi connectivity index (χ2v) is 5.65. The summed E-state index contributed by atoms with van der Waals surface area (Å²) in [6.07, 6.45) is 6.37. The molecule has 1 N–H and O–H groups in total. The molecule has 122 valence electrons. The maximum atomic E-state index is 12.6. The summed E-state index contributed by atoms with van der Waals surface area (Å²) in [5, 5.41) is 7.30. The van der Waals surface area contributed by atoms with Gasteiger partial charge in [0.15, 0.2) is 0 Å². The zero-order valence-corrected chi connectivity index (χ0v) is 13.4. The number of aromatic nitrogens is 2. The van der Waals surface area contributed by atoms with Crippen molar-refractivity contribution in [3.8, 4) is 11.5 Å². The Hall–Kier alpha value is -2.50. The summed E-state index contributed by atoms with van der Waals surface area (Å²) in [4.78, 5) is 12.6. The van der Waals surface area contributed by atoms with Gasteiger partial charge in [-0.05, 0) is 25.0 Å². The van der Waals surface area contributed by atoms with Crippen molar-refractivity contribution < 1.29 is 14.3 Å². The predicted octanol–water partition coefficient (Wildman–Crippen LogP) is 3.27. The Bertz CT molecular complexity index is 668. The number of benzene rings is 1. The Morgan fingerprint density at radius 1 is 1.17 bits per heavy atom. The van der Waals surface area contributed by atoms with E-state index in [2.05, 4.69) is 10.4 Å². The normalized spacial score (nSPS) is 14.7. The molecule has 3 rings (SSSR count). The summed E-state index contributed by atoms with van der Waals surface area (Å²) in [6.45, 7) is 0. The molecule has 1 aromatic heterocycles. The number of nitrogens with zero attached hydrogens (tertiary/aromatic N) is 2. The number of amides is 1. The Morgan fingerprint density at radius 3 is 2.43 bits per heavy atom. The molecule has 0 bridgehead atoms. The number of carbonyl (C=O) groups excluding carboxylic acids is 1. The van der Waals surface area contributed by atoms with E-state index in [1.165, 1.54) is 12.8 Å². The lowest BCUT2D eigenvalue weighted by atomic mass is 10.2. The SMILES string of the molecule is COc1cc(OC)cc(C(=O)Nc2ccnn2C2CCCC2)c1. The van der Waals surface area contributed by atoms with Gasteiger partial charge in [0.2, 0.25) is 0 Å².